The highest BCUT2D eigenvalue weighted by Crippen LogP contribution is 2.40. The van der Waals surface area contributed by atoms with Gasteiger partial charge in [0.2, 0.25) is 0 Å². The maximum absolute atomic E-state index is 13.5. The standard InChI is InChI=1S/C23H22FNO5/c1-29-17-10-6-15(7-11-17)21(26)19-20(14-4-8-16(24)9-5-14)25(23(28)22(19)27)13-18-3-2-12-30-18/h4-11,18,20,26H,2-3,12-13H2,1H3/t18-,20-/m1/s1. The Kier molecular flexibility index (Phi) is 5.55. The van der Waals surface area contributed by atoms with Crippen molar-refractivity contribution in [3.63, 3.8) is 0 Å². The molecule has 2 aliphatic heterocycles. The van der Waals surface area contributed by atoms with Crippen molar-refractivity contribution in [3.8, 4) is 5.75 Å². The average Bonchev–Trinajstić information content (AvgIpc) is 3.36. The summed E-state index contributed by atoms with van der Waals surface area (Å²) >= 11 is 0. The zero-order valence-corrected chi connectivity index (χ0v) is 16.5. The fourth-order valence-corrected chi connectivity index (χ4v) is 3.97. The first-order valence-electron chi connectivity index (χ1n) is 9.79. The highest BCUT2D eigenvalue weighted by Gasteiger charge is 2.47. The summed E-state index contributed by atoms with van der Waals surface area (Å²) in [5, 5.41) is 11.0. The van der Waals surface area contributed by atoms with Gasteiger partial charge in [-0.1, -0.05) is 12.1 Å². The molecule has 1 amide bonds. The van der Waals surface area contributed by atoms with Gasteiger partial charge in [-0.2, -0.15) is 0 Å². The van der Waals surface area contributed by atoms with Crippen LogP contribution in [0.25, 0.3) is 5.76 Å². The van der Waals surface area contributed by atoms with Crippen LogP contribution in [0.5, 0.6) is 5.75 Å². The molecule has 2 aliphatic rings. The Hall–Kier alpha value is -3.19. The molecule has 0 radical (unpaired) electrons. The SMILES string of the molecule is COc1ccc(C(O)=C2C(=O)C(=O)N(C[C@H]3CCCO3)[C@@H]2c2ccc(F)cc2)cc1. The number of nitrogens with zero attached hydrogens (tertiary/aromatic N) is 1. The van der Waals surface area contributed by atoms with Crippen molar-refractivity contribution in [1.82, 2.24) is 4.90 Å². The Labute approximate surface area is 173 Å². The number of carbonyl (C=O) groups excluding carboxylic acids is 2. The first-order valence-corrected chi connectivity index (χ1v) is 9.79. The molecule has 4 rings (SSSR count). The van der Waals surface area contributed by atoms with E-state index in [1.165, 1.54) is 36.3 Å². The van der Waals surface area contributed by atoms with E-state index in [1.54, 1.807) is 24.3 Å². The second kappa shape index (κ2) is 8.28. The van der Waals surface area contributed by atoms with Gasteiger partial charge in [0.25, 0.3) is 11.7 Å². The van der Waals surface area contributed by atoms with Crippen LogP contribution < -0.4 is 4.74 Å². The Morgan fingerprint density at radius 3 is 2.47 bits per heavy atom. The monoisotopic (exact) mass is 411 g/mol. The maximum Gasteiger partial charge on any atom is 0.295 e. The number of carbonyl (C=O) groups is 2. The van der Waals surface area contributed by atoms with Crippen LogP contribution in [0.3, 0.4) is 0 Å². The van der Waals surface area contributed by atoms with Crippen LogP contribution in [0, 0.1) is 5.82 Å². The molecule has 0 saturated carbocycles. The number of rotatable bonds is 5. The van der Waals surface area contributed by atoms with Gasteiger partial charge in [0.15, 0.2) is 0 Å². The molecule has 0 spiro atoms. The summed E-state index contributed by atoms with van der Waals surface area (Å²) in [6, 6.07) is 11.3. The van der Waals surface area contributed by atoms with Gasteiger partial charge in [-0.3, -0.25) is 9.59 Å². The smallest absolute Gasteiger partial charge is 0.295 e. The average molecular weight is 411 g/mol. The Morgan fingerprint density at radius 1 is 1.17 bits per heavy atom. The number of Topliss-reactive ketones (excluding diaryl/α,β-unsaturated/α-hetero) is 1. The third kappa shape index (κ3) is 3.68. The Balaban J connectivity index is 1.80. The Bertz CT molecular complexity index is 978. The number of methoxy groups -OCH3 is 1. The second-order valence-corrected chi connectivity index (χ2v) is 7.37. The van der Waals surface area contributed by atoms with Gasteiger partial charge in [0.05, 0.1) is 24.8 Å². The number of benzene rings is 2. The molecule has 0 aliphatic carbocycles. The minimum Gasteiger partial charge on any atom is -0.507 e. The molecule has 0 aromatic heterocycles. The molecule has 2 aromatic carbocycles. The number of aliphatic hydroxyl groups excluding tert-OH is 1. The van der Waals surface area contributed by atoms with Crippen molar-refractivity contribution in [2.45, 2.75) is 25.0 Å². The number of halogens is 1. The van der Waals surface area contributed by atoms with E-state index >= 15 is 0 Å². The summed E-state index contributed by atoms with van der Waals surface area (Å²) in [5.74, 6) is -1.57. The van der Waals surface area contributed by atoms with Crippen LogP contribution in [0.15, 0.2) is 54.1 Å². The molecule has 2 atom stereocenters. The van der Waals surface area contributed by atoms with E-state index in [4.69, 9.17) is 9.47 Å². The van der Waals surface area contributed by atoms with Gasteiger partial charge < -0.3 is 19.5 Å². The minimum atomic E-state index is -0.822. The van der Waals surface area contributed by atoms with Gasteiger partial charge in [0, 0.05) is 18.7 Å². The van der Waals surface area contributed by atoms with Gasteiger partial charge in [-0.15, -0.1) is 0 Å². The fourth-order valence-electron chi connectivity index (χ4n) is 3.97. The number of ether oxygens (including phenoxy) is 2. The minimum absolute atomic E-state index is 0.0187. The van der Waals surface area contributed by atoms with Crippen LogP contribution in [-0.4, -0.2) is 48.1 Å². The quantitative estimate of drug-likeness (QED) is 0.463. The molecule has 156 valence electrons. The normalized spacial score (nSPS) is 23.2. The lowest BCUT2D eigenvalue weighted by Crippen LogP contribution is -2.36. The van der Waals surface area contributed by atoms with E-state index in [9.17, 15) is 19.1 Å². The molecular formula is C23H22FNO5. The number of amides is 1. The first kappa shape index (κ1) is 20.1. The first-order chi connectivity index (χ1) is 14.5. The molecule has 30 heavy (non-hydrogen) atoms. The van der Waals surface area contributed by atoms with Gasteiger partial charge in [0.1, 0.15) is 17.3 Å². The van der Waals surface area contributed by atoms with Crippen LogP contribution in [-0.2, 0) is 14.3 Å². The number of likely N-dealkylation sites (tertiary alicyclic amines) is 1. The summed E-state index contributed by atoms with van der Waals surface area (Å²) in [5.41, 5.74) is 0.913. The van der Waals surface area contributed by atoms with E-state index < -0.39 is 23.5 Å². The predicted molar refractivity (Wildman–Crippen MR) is 107 cm³/mol. The fraction of sp³-hybridized carbons (Fsp3) is 0.304. The topological polar surface area (TPSA) is 76.1 Å². The molecule has 2 fully saturated rings. The molecule has 2 saturated heterocycles. The Morgan fingerprint density at radius 2 is 1.87 bits per heavy atom. The molecule has 0 bridgehead atoms. The van der Waals surface area contributed by atoms with Gasteiger partial charge in [-0.25, -0.2) is 4.39 Å². The molecule has 2 aromatic rings. The van der Waals surface area contributed by atoms with E-state index in [1.807, 2.05) is 0 Å². The van der Waals surface area contributed by atoms with Gasteiger partial charge in [-0.05, 0) is 54.8 Å². The molecule has 6 nitrogen and oxygen atoms in total. The lowest BCUT2D eigenvalue weighted by atomic mass is 9.95. The van der Waals surface area contributed by atoms with E-state index in [0.29, 0.717) is 23.5 Å². The van der Waals surface area contributed by atoms with Crippen molar-refractivity contribution < 1.29 is 28.6 Å². The third-order valence-corrected chi connectivity index (χ3v) is 5.51. The van der Waals surface area contributed by atoms with Gasteiger partial charge >= 0.3 is 0 Å². The van der Waals surface area contributed by atoms with Crippen LogP contribution in [0.4, 0.5) is 4.39 Å². The van der Waals surface area contributed by atoms with Crippen molar-refractivity contribution >= 4 is 17.4 Å². The van der Waals surface area contributed by atoms with E-state index in [2.05, 4.69) is 0 Å². The van der Waals surface area contributed by atoms with Crippen LogP contribution in [0.1, 0.15) is 30.0 Å². The number of aliphatic hydroxyl groups is 1. The third-order valence-electron chi connectivity index (χ3n) is 5.51. The van der Waals surface area contributed by atoms with Crippen molar-refractivity contribution in [2.24, 2.45) is 0 Å². The van der Waals surface area contributed by atoms with Crippen LogP contribution >= 0.6 is 0 Å². The van der Waals surface area contributed by atoms with E-state index in [0.717, 1.165) is 12.8 Å². The van der Waals surface area contributed by atoms with Crippen LogP contribution in [0.2, 0.25) is 0 Å². The van der Waals surface area contributed by atoms with Crippen molar-refractivity contribution in [2.75, 3.05) is 20.3 Å². The molecular weight excluding hydrogens is 389 g/mol. The lowest BCUT2D eigenvalue weighted by Gasteiger charge is -2.27. The van der Waals surface area contributed by atoms with Crippen molar-refractivity contribution in [3.05, 3.63) is 71.0 Å². The summed E-state index contributed by atoms with van der Waals surface area (Å²) in [6.07, 6.45) is 1.51. The largest absolute Gasteiger partial charge is 0.507 e. The van der Waals surface area contributed by atoms with Crippen molar-refractivity contribution in [1.29, 1.82) is 0 Å². The molecule has 7 heteroatoms. The molecule has 2 heterocycles. The summed E-state index contributed by atoms with van der Waals surface area (Å²) < 4.78 is 24.3. The number of hydrogen-bond donors (Lipinski definition) is 1. The maximum atomic E-state index is 13.5. The zero-order chi connectivity index (χ0) is 21.3. The summed E-state index contributed by atoms with van der Waals surface area (Å²) in [6.45, 7) is 0.841. The summed E-state index contributed by atoms with van der Waals surface area (Å²) in [7, 11) is 1.53. The number of hydrogen-bond acceptors (Lipinski definition) is 5. The zero-order valence-electron chi connectivity index (χ0n) is 16.5. The summed E-state index contributed by atoms with van der Waals surface area (Å²) in [4.78, 5) is 27.2. The molecule has 0 unspecified atom stereocenters. The highest BCUT2D eigenvalue weighted by atomic mass is 19.1. The molecule has 1 N–H and O–H groups in total. The van der Waals surface area contributed by atoms with E-state index in [-0.39, 0.29) is 24.0 Å². The number of ketones is 1. The predicted octanol–water partition coefficient (Wildman–Crippen LogP) is 3.44. The lowest BCUT2D eigenvalue weighted by molar-refractivity contribution is -0.140. The second-order valence-electron chi connectivity index (χ2n) is 7.37. The highest BCUT2D eigenvalue weighted by molar-refractivity contribution is 6.46.